The lowest BCUT2D eigenvalue weighted by Gasteiger charge is -2.06. The second-order valence-electron chi connectivity index (χ2n) is 6.93. The zero-order chi connectivity index (χ0) is 20.3. The third-order valence-corrected chi connectivity index (χ3v) is 4.93. The van der Waals surface area contributed by atoms with E-state index in [-0.39, 0.29) is 5.91 Å². The first-order valence-electron chi connectivity index (χ1n) is 9.70. The number of para-hydroxylation sites is 1. The second-order valence-corrected chi connectivity index (χ2v) is 6.93. The summed E-state index contributed by atoms with van der Waals surface area (Å²) in [4.78, 5) is 17.2. The van der Waals surface area contributed by atoms with Gasteiger partial charge in [-0.15, -0.1) is 0 Å². The molecule has 1 amide bonds. The molecule has 0 aliphatic heterocycles. The number of hydrogen-bond donors (Lipinski definition) is 1. The molecule has 0 spiro atoms. The van der Waals surface area contributed by atoms with E-state index in [4.69, 9.17) is 9.40 Å². The van der Waals surface area contributed by atoms with Gasteiger partial charge in [0.1, 0.15) is 5.52 Å². The summed E-state index contributed by atoms with van der Waals surface area (Å²) in [6.45, 7) is 0. The summed E-state index contributed by atoms with van der Waals surface area (Å²) in [5.41, 5.74) is 3.88. The van der Waals surface area contributed by atoms with Gasteiger partial charge in [0.25, 0.3) is 0 Å². The molecule has 0 aliphatic rings. The number of nitrogens with one attached hydrogen (secondary N) is 1. The zero-order valence-electron chi connectivity index (χ0n) is 16.1. The monoisotopic (exact) mass is 390 g/mol. The summed E-state index contributed by atoms with van der Waals surface area (Å²) in [5, 5.41) is 5.08. The van der Waals surface area contributed by atoms with Gasteiger partial charge in [0.2, 0.25) is 11.8 Å². The Morgan fingerprint density at radius 1 is 0.833 bits per heavy atom. The van der Waals surface area contributed by atoms with Crippen LogP contribution in [0.5, 0.6) is 0 Å². The summed E-state index contributed by atoms with van der Waals surface area (Å²) in [6, 6.07) is 29.2. The molecule has 5 rings (SSSR count). The first kappa shape index (κ1) is 17.9. The second kappa shape index (κ2) is 7.68. The zero-order valence-corrected chi connectivity index (χ0v) is 16.1. The Balaban J connectivity index is 1.48. The van der Waals surface area contributed by atoms with Gasteiger partial charge >= 0.3 is 0 Å². The van der Waals surface area contributed by atoms with E-state index in [1.165, 1.54) is 6.08 Å². The fraction of sp³-hybridized carbons (Fsp3) is 0. The highest BCUT2D eigenvalue weighted by atomic mass is 16.3. The van der Waals surface area contributed by atoms with Crippen LogP contribution in [0.25, 0.3) is 39.4 Å². The molecule has 1 aromatic heterocycles. The summed E-state index contributed by atoms with van der Waals surface area (Å²) in [5.74, 6) is 0.261. The number of hydrogen-bond acceptors (Lipinski definition) is 3. The van der Waals surface area contributed by atoms with Gasteiger partial charge in [0.15, 0.2) is 5.58 Å². The van der Waals surface area contributed by atoms with Crippen molar-refractivity contribution in [2.24, 2.45) is 0 Å². The van der Waals surface area contributed by atoms with Crippen LogP contribution in [-0.2, 0) is 4.79 Å². The van der Waals surface area contributed by atoms with Gasteiger partial charge in [-0.25, -0.2) is 4.98 Å². The molecule has 0 bridgehead atoms. The molecule has 0 saturated heterocycles. The minimum absolute atomic E-state index is 0.215. The average Bonchev–Trinajstić information content (AvgIpc) is 3.23. The number of carbonyl (C=O) groups is 1. The van der Waals surface area contributed by atoms with E-state index in [1.54, 1.807) is 6.08 Å². The Morgan fingerprint density at radius 2 is 1.60 bits per heavy atom. The lowest BCUT2D eigenvalue weighted by molar-refractivity contribution is -0.111. The van der Waals surface area contributed by atoms with Crippen molar-refractivity contribution in [1.82, 2.24) is 4.98 Å². The Hall–Kier alpha value is -4.18. The molecule has 0 aliphatic carbocycles. The fourth-order valence-electron chi connectivity index (χ4n) is 3.47. The van der Waals surface area contributed by atoms with Crippen LogP contribution in [0.3, 0.4) is 0 Å². The molecule has 4 aromatic carbocycles. The maximum absolute atomic E-state index is 12.5. The van der Waals surface area contributed by atoms with E-state index in [2.05, 4.69) is 11.4 Å². The maximum Gasteiger partial charge on any atom is 0.248 e. The van der Waals surface area contributed by atoms with Gasteiger partial charge in [-0.2, -0.15) is 0 Å². The topological polar surface area (TPSA) is 55.1 Å². The van der Waals surface area contributed by atoms with Crippen LogP contribution in [0.2, 0.25) is 0 Å². The number of rotatable bonds is 4. The summed E-state index contributed by atoms with van der Waals surface area (Å²) in [6.07, 6.45) is 3.30. The first-order chi connectivity index (χ1) is 14.8. The number of carbonyl (C=O) groups excluding carboxylic acids is 1. The Morgan fingerprint density at radius 3 is 2.50 bits per heavy atom. The normalized spacial score (nSPS) is 11.3. The number of nitrogens with zero attached hydrogens (tertiary/aromatic N) is 1. The Bertz CT molecular complexity index is 1380. The van der Waals surface area contributed by atoms with Gasteiger partial charge in [0.05, 0.1) is 11.3 Å². The van der Waals surface area contributed by atoms with Gasteiger partial charge in [0, 0.05) is 11.5 Å². The standard InChI is InChI=1S/C26H18N2O2/c29-24(17-14-18-8-2-1-3-9-18)27-22-13-7-6-12-21(22)26-28-25-20-11-5-4-10-19(20)15-16-23(25)30-26/h1-17H,(H,27,29). The minimum atomic E-state index is -0.215. The third-order valence-electron chi connectivity index (χ3n) is 4.93. The van der Waals surface area contributed by atoms with E-state index >= 15 is 0 Å². The molecule has 0 fully saturated rings. The molecule has 4 nitrogen and oxygen atoms in total. The predicted molar refractivity (Wildman–Crippen MR) is 121 cm³/mol. The van der Waals surface area contributed by atoms with Gasteiger partial charge in [-0.3, -0.25) is 4.79 Å². The highest BCUT2D eigenvalue weighted by Crippen LogP contribution is 2.33. The molecular weight excluding hydrogens is 372 g/mol. The van der Waals surface area contributed by atoms with Crippen molar-refractivity contribution in [3.05, 3.63) is 103 Å². The molecule has 1 heterocycles. The molecule has 1 N–H and O–H groups in total. The van der Waals surface area contributed by atoms with Crippen LogP contribution < -0.4 is 5.32 Å². The lowest BCUT2D eigenvalue weighted by atomic mass is 10.1. The van der Waals surface area contributed by atoms with Crippen LogP contribution in [0.4, 0.5) is 5.69 Å². The van der Waals surface area contributed by atoms with Crippen molar-refractivity contribution in [1.29, 1.82) is 0 Å². The van der Waals surface area contributed by atoms with Gasteiger partial charge in [-0.05, 0) is 35.2 Å². The molecule has 0 radical (unpaired) electrons. The van der Waals surface area contributed by atoms with Gasteiger partial charge in [-0.1, -0.05) is 72.8 Å². The van der Waals surface area contributed by atoms with Crippen LogP contribution in [0.1, 0.15) is 5.56 Å². The van der Waals surface area contributed by atoms with Crippen molar-refractivity contribution < 1.29 is 9.21 Å². The molecule has 0 atom stereocenters. The van der Waals surface area contributed by atoms with E-state index in [0.717, 1.165) is 27.4 Å². The fourth-order valence-corrected chi connectivity index (χ4v) is 3.47. The molecule has 30 heavy (non-hydrogen) atoms. The van der Waals surface area contributed by atoms with Crippen LogP contribution >= 0.6 is 0 Å². The molecule has 144 valence electrons. The summed E-state index contributed by atoms with van der Waals surface area (Å²) >= 11 is 0. The molecule has 5 aromatic rings. The predicted octanol–water partition coefficient (Wildman–Crippen LogP) is 6.30. The summed E-state index contributed by atoms with van der Waals surface area (Å²) in [7, 11) is 0. The van der Waals surface area contributed by atoms with Crippen LogP contribution in [0, 0.1) is 0 Å². The SMILES string of the molecule is O=C(C=Cc1ccccc1)Nc1ccccc1-c1nc2c(ccc3ccccc32)o1. The maximum atomic E-state index is 12.5. The number of aromatic nitrogens is 1. The smallest absolute Gasteiger partial charge is 0.248 e. The van der Waals surface area contributed by atoms with Crippen molar-refractivity contribution in [2.45, 2.75) is 0 Å². The number of fused-ring (bicyclic) bond motifs is 3. The van der Waals surface area contributed by atoms with Gasteiger partial charge < -0.3 is 9.73 Å². The minimum Gasteiger partial charge on any atom is -0.436 e. The highest BCUT2D eigenvalue weighted by Gasteiger charge is 2.14. The third kappa shape index (κ3) is 3.47. The average molecular weight is 390 g/mol. The number of amides is 1. The van der Waals surface area contributed by atoms with E-state index in [9.17, 15) is 4.79 Å². The van der Waals surface area contributed by atoms with E-state index < -0.39 is 0 Å². The number of anilines is 1. The molecular formula is C26H18N2O2. The quantitative estimate of drug-likeness (QED) is 0.366. The van der Waals surface area contributed by atoms with Crippen LogP contribution in [-0.4, -0.2) is 10.9 Å². The highest BCUT2D eigenvalue weighted by molar-refractivity contribution is 6.06. The lowest BCUT2D eigenvalue weighted by Crippen LogP contribution is -2.08. The van der Waals surface area contributed by atoms with E-state index in [1.807, 2.05) is 84.9 Å². The van der Waals surface area contributed by atoms with Crippen molar-refractivity contribution in [2.75, 3.05) is 5.32 Å². The first-order valence-corrected chi connectivity index (χ1v) is 9.70. The van der Waals surface area contributed by atoms with Crippen molar-refractivity contribution in [3.8, 4) is 11.5 Å². The number of benzene rings is 4. The number of oxazole rings is 1. The van der Waals surface area contributed by atoms with Crippen LogP contribution in [0.15, 0.2) is 101 Å². The molecule has 4 heteroatoms. The largest absolute Gasteiger partial charge is 0.436 e. The van der Waals surface area contributed by atoms with E-state index in [0.29, 0.717) is 17.2 Å². The Labute approximate surface area is 173 Å². The van der Waals surface area contributed by atoms with Crippen molar-refractivity contribution in [3.63, 3.8) is 0 Å². The Kier molecular flexibility index (Phi) is 4.58. The molecule has 0 saturated carbocycles. The summed E-state index contributed by atoms with van der Waals surface area (Å²) < 4.78 is 6.03. The van der Waals surface area contributed by atoms with Crippen molar-refractivity contribution >= 4 is 39.5 Å². The molecule has 0 unspecified atom stereocenters.